The topological polar surface area (TPSA) is 54.4 Å². The molecule has 0 spiro atoms. The van der Waals surface area contributed by atoms with Crippen LogP contribution < -0.4 is 0 Å². The standard InChI is InChI=1S/C14H18O3/c1-3-5-6-10-7-8-12(11(4-2)9-10)13(15)14(16)17/h7-9H,3-6H2,1-2H3,(H,16,17). The number of carbonyl (C=O) groups is 2. The van der Waals surface area contributed by atoms with Gasteiger partial charge in [-0.2, -0.15) is 0 Å². The lowest BCUT2D eigenvalue weighted by Gasteiger charge is -2.07. The number of ketones is 1. The van der Waals surface area contributed by atoms with Gasteiger partial charge in [0, 0.05) is 5.56 Å². The quantitative estimate of drug-likeness (QED) is 0.608. The third-order valence-corrected chi connectivity index (χ3v) is 2.81. The first-order valence-electron chi connectivity index (χ1n) is 5.99. The summed E-state index contributed by atoms with van der Waals surface area (Å²) in [5.74, 6) is -2.20. The Bertz CT molecular complexity index is 421. The van der Waals surface area contributed by atoms with Gasteiger partial charge in [-0.05, 0) is 30.4 Å². The van der Waals surface area contributed by atoms with Crippen molar-refractivity contribution >= 4 is 11.8 Å². The fourth-order valence-corrected chi connectivity index (χ4v) is 1.81. The molecule has 0 saturated carbocycles. The van der Waals surface area contributed by atoms with Crippen molar-refractivity contribution in [2.24, 2.45) is 0 Å². The Kier molecular flexibility index (Phi) is 4.88. The maximum atomic E-state index is 11.4. The number of hydrogen-bond donors (Lipinski definition) is 1. The zero-order valence-corrected chi connectivity index (χ0v) is 10.3. The molecule has 0 heterocycles. The van der Waals surface area contributed by atoms with Crippen LogP contribution in [0, 0.1) is 0 Å². The largest absolute Gasteiger partial charge is 0.475 e. The second-order valence-electron chi connectivity index (χ2n) is 4.08. The van der Waals surface area contributed by atoms with Crippen LogP contribution in [0.2, 0.25) is 0 Å². The Labute approximate surface area is 101 Å². The third-order valence-electron chi connectivity index (χ3n) is 2.81. The molecule has 0 aliphatic carbocycles. The monoisotopic (exact) mass is 234 g/mol. The maximum absolute atomic E-state index is 11.4. The van der Waals surface area contributed by atoms with Crippen molar-refractivity contribution in [2.75, 3.05) is 0 Å². The van der Waals surface area contributed by atoms with E-state index in [1.54, 1.807) is 6.07 Å². The molecule has 0 aliphatic heterocycles. The van der Waals surface area contributed by atoms with Gasteiger partial charge in [0.1, 0.15) is 0 Å². The normalized spacial score (nSPS) is 10.2. The van der Waals surface area contributed by atoms with Crippen LogP contribution in [0.3, 0.4) is 0 Å². The number of aryl methyl sites for hydroxylation is 2. The number of carbonyl (C=O) groups excluding carboxylic acids is 1. The molecule has 1 aromatic carbocycles. The second kappa shape index (κ2) is 6.18. The molecular weight excluding hydrogens is 216 g/mol. The molecule has 3 nitrogen and oxygen atoms in total. The van der Waals surface area contributed by atoms with Gasteiger partial charge >= 0.3 is 5.97 Å². The number of benzene rings is 1. The summed E-state index contributed by atoms with van der Waals surface area (Å²) in [6.07, 6.45) is 3.88. The fraction of sp³-hybridized carbons (Fsp3) is 0.429. The van der Waals surface area contributed by atoms with Crippen LogP contribution in [0.15, 0.2) is 18.2 Å². The van der Waals surface area contributed by atoms with Gasteiger partial charge in [-0.3, -0.25) is 4.79 Å². The lowest BCUT2D eigenvalue weighted by molar-refractivity contribution is -0.131. The van der Waals surface area contributed by atoms with Gasteiger partial charge in [0.05, 0.1) is 0 Å². The summed E-state index contributed by atoms with van der Waals surface area (Å²) < 4.78 is 0. The molecule has 3 heteroatoms. The number of carboxylic acid groups (broad SMARTS) is 1. The lowest BCUT2D eigenvalue weighted by Crippen LogP contribution is -2.15. The van der Waals surface area contributed by atoms with Gasteiger partial charge in [0.25, 0.3) is 5.78 Å². The highest BCUT2D eigenvalue weighted by Gasteiger charge is 2.17. The molecule has 1 aromatic rings. The molecule has 0 aliphatic rings. The summed E-state index contributed by atoms with van der Waals surface area (Å²) in [4.78, 5) is 22.1. The Morgan fingerprint density at radius 2 is 1.94 bits per heavy atom. The van der Waals surface area contributed by atoms with Crippen LogP contribution in [-0.4, -0.2) is 16.9 Å². The summed E-state index contributed by atoms with van der Waals surface area (Å²) in [6, 6.07) is 5.44. The Balaban J connectivity index is 3.01. The smallest absolute Gasteiger partial charge is 0.377 e. The molecule has 0 bridgehead atoms. The van der Waals surface area contributed by atoms with Crippen molar-refractivity contribution in [3.05, 3.63) is 34.9 Å². The van der Waals surface area contributed by atoms with E-state index < -0.39 is 11.8 Å². The van der Waals surface area contributed by atoms with Crippen LogP contribution >= 0.6 is 0 Å². The zero-order chi connectivity index (χ0) is 12.8. The van der Waals surface area contributed by atoms with E-state index in [2.05, 4.69) is 6.92 Å². The van der Waals surface area contributed by atoms with Gasteiger partial charge < -0.3 is 5.11 Å². The molecule has 0 radical (unpaired) electrons. The van der Waals surface area contributed by atoms with Crippen LogP contribution in [0.25, 0.3) is 0 Å². The Hall–Kier alpha value is -1.64. The highest BCUT2D eigenvalue weighted by Crippen LogP contribution is 2.15. The molecule has 0 amide bonds. The molecule has 0 aromatic heterocycles. The minimum atomic E-state index is -1.39. The van der Waals surface area contributed by atoms with E-state index in [4.69, 9.17) is 5.11 Å². The highest BCUT2D eigenvalue weighted by molar-refractivity contribution is 6.40. The Morgan fingerprint density at radius 1 is 1.24 bits per heavy atom. The van der Waals surface area contributed by atoms with Gasteiger partial charge in [-0.1, -0.05) is 38.5 Å². The molecule has 1 N–H and O–H groups in total. The predicted octanol–water partition coefficient (Wildman–Crippen LogP) is 2.86. The summed E-state index contributed by atoms with van der Waals surface area (Å²) in [5, 5.41) is 8.72. The molecule has 17 heavy (non-hydrogen) atoms. The minimum Gasteiger partial charge on any atom is -0.475 e. The zero-order valence-electron chi connectivity index (χ0n) is 10.3. The number of aliphatic carboxylic acids is 1. The van der Waals surface area contributed by atoms with E-state index in [0.29, 0.717) is 12.0 Å². The molecule has 0 unspecified atom stereocenters. The number of hydrogen-bond acceptors (Lipinski definition) is 2. The van der Waals surface area contributed by atoms with E-state index >= 15 is 0 Å². The lowest BCUT2D eigenvalue weighted by atomic mass is 9.97. The van der Waals surface area contributed by atoms with Crippen molar-refractivity contribution < 1.29 is 14.7 Å². The third kappa shape index (κ3) is 3.41. The molecule has 0 fully saturated rings. The van der Waals surface area contributed by atoms with Gasteiger partial charge in [-0.15, -0.1) is 0 Å². The van der Waals surface area contributed by atoms with Crippen LogP contribution in [-0.2, 0) is 17.6 Å². The molecule has 1 rings (SSSR count). The molecule has 0 atom stereocenters. The van der Waals surface area contributed by atoms with Crippen molar-refractivity contribution in [3.63, 3.8) is 0 Å². The minimum absolute atomic E-state index is 0.320. The first-order valence-corrected chi connectivity index (χ1v) is 5.99. The van der Waals surface area contributed by atoms with E-state index in [1.807, 2.05) is 19.1 Å². The van der Waals surface area contributed by atoms with Crippen molar-refractivity contribution in [3.8, 4) is 0 Å². The highest BCUT2D eigenvalue weighted by atomic mass is 16.4. The molecule has 0 saturated heterocycles. The van der Waals surface area contributed by atoms with Crippen LogP contribution in [0.5, 0.6) is 0 Å². The SMILES string of the molecule is CCCCc1ccc(C(=O)C(=O)O)c(CC)c1. The van der Waals surface area contributed by atoms with Gasteiger partial charge in [0.2, 0.25) is 0 Å². The molecule has 92 valence electrons. The number of carboxylic acids is 1. The first kappa shape index (κ1) is 13.4. The summed E-state index contributed by atoms with van der Waals surface area (Å²) >= 11 is 0. The van der Waals surface area contributed by atoms with Gasteiger partial charge in [0.15, 0.2) is 0 Å². The predicted molar refractivity (Wildman–Crippen MR) is 66.4 cm³/mol. The van der Waals surface area contributed by atoms with Crippen LogP contribution in [0.4, 0.5) is 0 Å². The average Bonchev–Trinajstić information content (AvgIpc) is 2.34. The Morgan fingerprint density at radius 3 is 2.47 bits per heavy atom. The summed E-state index contributed by atoms with van der Waals surface area (Å²) in [6.45, 7) is 4.06. The summed E-state index contributed by atoms with van der Waals surface area (Å²) in [7, 11) is 0. The van der Waals surface area contributed by atoms with E-state index in [0.717, 1.165) is 24.8 Å². The van der Waals surface area contributed by atoms with Gasteiger partial charge in [-0.25, -0.2) is 4.79 Å². The van der Waals surface area contributed by atoms with E-state index in [-0.39, 0.29) is 0 Å². The fourth-order valence-electron chi connectivity index (χ4n) is 1.81. The first-order chi connectivity index (χ1) is 8.10. The average molecular weight is 234 g/mol. The van der Waals surface area contributed by atoms with Crippen molar-refractivity contribution in [1.29, 1.82) is 0 Å². The number of Topliss-reactive ketones (excluding diaryl/α,β-unsaturated/α-hetero) is 1. The number of unbranched alkanes of at least 4 members (excludes halogenated alkanes) is 1. The van der Waals surface area contributed by atoms with Crippen molar-refractivity contribution in [1.82, 2.24) is 0 Å². The van der Waals surface area contributed by atoms with Crippen LogP contribution in [0.1, 0.15) is 48.2 Å². The molecular formula is C14H18O3. The number of rotatable bonds is 6. The second-order valence-corrected chi connectivity index (χ2v) is 4.08. The van der Waals surface area contributed by atoms with Crippen molar-refractivity contribution in [2.45, 2.75) is 39.5 Å². The van der Waals surface area contributed by atoms with E-state index in [9.17, 15) is 9.59 Å². The van der Waals surface area contributed by atoms with E-state index in [1.165, 1.54) is 5.56 Å². The maximum Gasteiger partial charge on any atom is 0.377 e. The summed E-state index contributed by atoms with van der Waals surface area (Å²) in [5.41, 5.74) is 2.32.